The molecular weight excluding hydrogens is 298 g/mol. The van der Waals surface area contributed by atoms with E-state index in [2.05, 4.69) is 10.2 Å². The second-order valence-electron chi connectivity index (χ2n) is 3.63. The minimum atomic E-state index is 0.662. The van der Waals surface area contributed by atoms with Gasteiger partial charge in [-0.2, -0.15) is 0 Å². The van der Waals surface area contributed by atoms with Crippen molar-refractivity contribution in [1.29, 1.82) is 0 Å². The van der Waals surface area contributed by atoms with Crippen LogP contribution in [0.2, 0.25) is 0 Å². The fourth-order valence-electron chi connectivity index (χ4n) is 1.35. The third kappa shape index (κ3) is 4.59. The SMILES string of the molecule is CSc1nnc(SCCCOc2ccccc2N)s1. The summed E-state index contributed by atoms with van der Waals surface area (Å²) in [5.41, 5.74) is 6.48. The third-order valence-electron chi connectivity index (χ3n) is 2.25. The van der Waals surface area contributed by atoms with Crippen LogP contribution < -0.4 is 10.5 Å². The molecule has 0 amide bonds. The van der Waals surface area contributed by atoms with Crippen molar-refractivity contribution in [1.82, 2.24) is 10.2 Å². The fraction of sp³-hybridized carbons (Fsp3) is 0.333. The molecule has 0 saturated heterocycles. The van der Waals surface area contributed by atoms with Crippen molar-refractivity contribution in [3.63, 3.8) is 0 Å². The first-order valence-electron chi connectivity index (χ1n) is 5.77. The monoisotopic (exact) mass is 313 g/mol. The Labute approximate surface area is 125 Å². The second kappa shape index (κ2) is 7.62. The van der Waals surface area contributed by atoms with E-state index in [-0.39, 0.29) is 0 Å². The van der Waals surface area contributed by atoms with Gasteiger partial charge in [-0.05, 0) is 24.8 Å². The van der Waals surface area contributed by atoms with Gasteiger partial charge in [0.25, 0.3) is 0 Å². The van der Waals surface area contributed by atoms with Crippen LogP contribution in [0.25, 0.3) is 0 Å². The van der Waals surface area contributed by atoms with Crippen molar-refractivity contribution in [3.05, 3.63) is 24.3 Å². The van der Waals surface area contributed by atoms with Crippen molar-refractivity contribution in [2.24, 2.45) is 0 Å². The molecule has 7 heteroatoms. The third-order valence-corrected chi connectivity index (χ3v) is 5.37. The number of ether oxygens (including phenoxy) is 1. The number of nitrogens with two attached hydrogens (primary N) is 1. The van der Waals surface area contributed by atoms with Crippen LogP contribution in [0.1, 0.15) is 6.42 Å². The van der Waals surface area contributed by atoms with Crippen LogP contribution in [0.3, 0.4) is 0 Å². The van der Waals surface area contributed by atoms with Crippen LogP contribution in [0.4, 0.5) is 5.69 Å². The van der Waals surface area contributed by atoms with Gasteiger partial charge in [0.2, 0.25) is 0 Å². The molecule has 0 aliphatic heterocycles. The fourth-order valence-corrected chi connectivity index (χ4v) is 3.77. The maximum atomic E-state index is 5.80. The van der Waals surface area contributed by atoms with Gasteiger partial charge in [-0.25, -0.2) is 0 Å². The number of nitrogens with zero attached hydrogens (tertiary/aromatic N) is 2. The lowest BCUT2D eigenvalue weighted by Crippen LogP contribution is -2.01. The Balaban J connectivity index is 1.66. The van der Waals surface area contributed by atoms with Gasteiger partial charge < -0.3 is 10.5 Å². The summed E-state index contributed by atoms with van der Waals surface area (Å²) in [5, 5.41) is 8.16. The lowest BCUT2D eigenvalue weighted by Gasteiger charge is -2.07. The molecule has 0 spiro atoms. The van der Waals surface area contributed by atoms with Gasteiger partial charge in [-0.3, -0.25) is 0 Å². The van der Waals surface area contributed by atoms with Crippen LogP contribution in [-0.4, -0.2) is 28.8 Å². The van der Waals surface area contributed by atoms with E-state index < -0.39 is 0 Å². The van der Waals surface area contributed by atoms with E-state index in [1.807, 2.05) is 30.5 Å². The molecule has 0 saturated carbocycles. The molecule has 0 fully saturated rings. The number of hydrogen-bond acceptors (Lipinski definition) is 7. The van der Waals surface area contributed by atoms with Crippen molar-refractivity contribution in [2.75, 3.05) is 24.3 Å². The summed E-state index contributed by atoms with van der Waals surface area (Å²) in [6.07, 6.45) is 2.96. The number of rotatable bonds is 7. The van der Waals surface area contributed by atoms with Crippen molar-refractivity contribution < 1.29 is 4.74 Å². The molecule has 0 atom stereocenters. The molecule has 2 aromatic rings. The average Bonchev–Trinajstić information content (AvgIpc) is 2.88. The first-order valence-corrected chi connectivity index (χ1v) is 8.80. The molecule has 1 aromatic carbocycles. The molecule has 2 rings (SSSR count). The van der Waals surface area contributed by atoms with E-state index in [0.717, 1.165) is 26.6 Å². The Hall–Kier alpha value is -0.920. The molecule has 19 heavy (non-hydrogen) atoms. The normalized spacial score (nSPS) is 10.6. The van der Waals surface area contributed by atoms with E-state index in [9.17, 15) is 0 Å². The minimum Gasteiger partial charge on any atom is -0.491 e. The van der Waals surface area contributed by atoms with Gasteiger partial charge >= 0.3 is 0 Å². The molecule has 1 aromatic heterocycles. The molecule has 102 valence electrons. The summed E-state index contributed by atoms with van der Waals surface area (Å²) in [6, 6.07) is 7.55. The zero-order chi connectivity index (χ0) is 13.5. The molecule has 1 heterocycles. The summed E-state index contributed by atoms with van der Waals surface area (Å²) >= 11 is 4.97. The summed E-state index contributed by atoms with van der Waals surface area (Å²) in [6.45, 7) is 0.662. The van der Waals surface area contributed by atoms with E-state index in [1.54, 1.807) is 34.9 Å². The summed E-state index contributed by atoms with van der Waals surface area (Å²) < 4.78 is 7.65. The molecule has 0 aliphatic rings. The summed E-state index contributed by atoms with van der Waals surface area (Å²) in [7, 11) is 0. The standard InChI is InChI=1S/C12H15N3OS3/c1-17-11-14-15-12(19-11)18-8-4-7-16-10-6-3-2-5-9(10)13/h2-3,5-6H,4,7-8,13H2,1H3. The lowest BCUT2D eigenvalue weighted by molar-refractivity contribution is 0.320. The summed E-state index contributed by atoms with van der Waals surface area (Å²) in [4.78, 5) is 0. The Morgan fingerprint density at radius 1 is 1.26 bits per heavy atom. The highest BCUT2D eigenvalue weighted by molar-refractivity contribution is 8.02. The highest BCUT2D eigenvalue weighted by Gasteiger charge is 2.03. The predicted octanol–water partition coefficient (Wildman–Crippen LogP) is 3.40. The number of hydrogen-bond donors (Lipinski definition) is 1. The van der Waals surface area contributed by atoms with Crippen LogP contribution >= 0.6 is 34.9 Å². The van der Waals surface area contributed by atoms with Gasteiger partial charge in [0.05, 0.1) is 12.3 Å². The Morgan fingerprint density at radius 3 is 2.79 bits per heavy atom. The lowest BCUT2D eigenvalue weighted by atomic mass is 10.3. The molecule has 0 unspecified atom stereocenters. The van der Waals surface area contributed by atoms with Crippen molar-refractivity contribution >= 4 is 40.5 Å². The van der Waals surface area contributed by atoms with Crippen LogP contribution in [0.15, 0.2) is 32.9 Å². The minimum absolute atomic E-state index is 0.662. The zero-order valence-electron chi connectivity index (χ0n) is 10.5. The Bertz CT molecular complexity index is 518. The largest absolute Gasteiger partial charge is 0.491 e. The molecular formula is C12H15N3OS3. The smallest absolute Gasteiger partial charge is 0.175 e. The second-order valence-corrected chi connectivity index (χ2v) is 7.00. The Kier molecular flexibility index (Phi) is 5.81. The zero-order valence-corrected chi connectivity index (χ0v) is 13.0. The van der Waals surface area contributed by atoms with Crippen molar-refractivity contribution in [3.8, 4) is 5.75 Å². The molecule has 0 aliphatic carbocycles. The highest BCUT2D eigenvalue weighted by Crippen LogP contribution is 2.27. The van der Waals surface area contributed by atoms with E-state index in [1.165, 1.54) is 0 Å². The van der Waals surface area contributed by atoms with Crippen LogP contribution in [0.5, 0.6) is 5.75 Å². The van der Waals surface area contributed by atoms with E-state index in [4.69, 9.17) is 10.5 Å². The first-order chi connectivity index (χ1) is 9.29. The van der Waals surface area contributed by atoms with Gasteiger partial charge in [-0.1, -0.05) is 47.0 Å². The number of aromatic nitrogens is 2. The molecule has 2 N–H and O–H groups in total. The van der Waals surface area contributed by atoms with Crippen LogP contribution in [0, 0.1) is 0 Å². The molecule has 0 radical (unpaired) electrons. The van der Waals surface area contributed by atoms with Crippen molar-refractivity contribution in [2.45, 2.75) is 15.1 Å². The maximum absolute atomic E-state index is 5.80. The van der Waals surface area contributed by atoms with Gasteiger partial charge in [0.15, 0.2) is 8.68 Å². The Morgan fingerprint density at radius 2 is 2.05 bits per heavy atom. The average molecular weight is 313 g/mol. The molecule has 0 bridgehead atoms. The van der Waals surface area contributed by atoms with E-state index in [0.29, 0.717) is 12.3 Å². The number of thioether (sulfide) groups is 2. The van der Waals surface area contributed by atoms with Gasteiger partial charge in [0.1, 0.15) is 5.75 Å². The predicted molar refractivity (Wildman–Crippen MR) is 83.4 cm³/mol. The topological polar surface area (TPSA) is 61.0 Å². The number of nitrogen functional groups attached to an aromatic ring is 1. The van der Waals surface area contributed by atoms with E-state index >= 15 is 0 Å². The summed E-state index contributed by atoms with van der Waals surface area (Å²) in [5.74, 6) is 1.73. The van der Waals surface area contributed by atoms with Crippen LogP contribution in [-0.2, 0) is 0 Å². The highest BCUT2D eigenvalue weighted by atomic mass is 32.2. The van der Waals surface area contributed by atoms with Gasteiger partial charge in [-0.15, -0.1) is 10.2 Å². The maximum Gasteiger partial charge on any atom is 0.175 e. The number of benzene rings is 1. The molecule has 4 nitrogen and oxygen atoms in total. The van der Waals surface area contributed by atoms with Gasteiger partial charge in [0, 0.05) is 5.75 Å². The quantitative estimate of drug-likeness (QED) is 0.480. The first kappa shape index (κ1) is 14.5. The number of anilines is 1. The number of para-hydroxylation sites is 2.